The van der Waals surface area contributed by atoms with Crippen molar-refractivity contribution in [2.24, 2.45) is 0 Å². The maximum atomic E-state index is 12.4. The van der Waals surface area contributed by atoms with Gasteiger partial charge in [0, 0.05) is 16.1 Å². The Morgan fingerprint density at radius 2 is 1.81 bits per heavy atom. The van der Waals surface area contributed by atoms with Crippen molar-refractivity contribution in [3.63, 3.8) is 0 Å². The van der Waals surface area contributed by atoms with Gasteiger partial charge in [-0.1, -0.05) is 47.1 Å². The predicted molar refractivity (Wildman–Crippen MR) is 102 cm³/mol. The first-order chi connectivity index (χ1) is 12.7. The molecule has 5 nitrogen and oxygen atoms in total. The lowest BCUT2D eigenvalue weighted by Crippen LogP contribution is -2.11. The van der Waals surface area contributed by atoms with Gasteiger partial charge in [-0.15, -0.1) is 11.3 Å². The first-order valence-corrected chi connectivity index (χ1v) is 9.00. The Balaban J connectivity index is 1.58. The summed E-state index contributed by atoms with van der Waals surface area (Å²) in [5.41, 5.74) is 2.01. The number of hydrogen-bond acceptors (Lipinski definition) is 5. The van der Waals surface area contributed by atoms with Crippen LogP contribution in [0.15, 0.2) is 70.6 Å². The molecule has 0 aliphatic heterocycles. The number of benzene rings is 2. The average Bonchev–Trinajstić information content (AvgIpc) is 3.32. The molecular formula is C19H12ClN3O2S. The number of amides is 1. The minimum Gasteiger partial charge on any atom is -0.333 e. The fraction of sp³-hybridized carbons (Fsp3) is 0. The van der Waals surface area contributed by atoms with Gasteiger partial charge in [-0.25, -0.2) is 0 Å². The summed E-state index contributed by atoms with van der Waals surface area (Å²) in [4.78, 5) is 17.6. The summed E-state index contributed by atoms with van der Waals surface area (Å²) in [6, 6.07) is 18.1. The summed E-state index contributed by atoms with van der Waals surface area (Å²) in [5.74, 6) is 0.637. The van der Waals surface area contributed by atoms with E-state index in [1.807, 2.05) is 35.7 Å². The third-order valence-corrected chi connectivity index (χ3v) is 4.83. The van der Waals surface area contributed by atoms with Gasteiger partial charge in [-0.3, -0.25) is 4.79 Å². The van der Waals surface area contributed by atoms with Gasteiger partial charge in [-0.2, -0.15) is 4.98 Å². The molecular weight excluding hydrogens is 370 g/mol. The van der Waals surface area contributed by atoms with Gasteiger partial charge in [0.05, 0.1) is 5.69 Å². The molecule has 128 valence electrons. The van der Waals surface area contributed by atoms with Crippen LogP contribution in [0.4, 0.5) is 5.69 Å². The molecule has 4 rings (SSSR count). The molecule has 0 atom stereocenters. The average molecular weight is 382 g/mol. The quantitative estimate of drug-likeness (QED) is 0.516. The molecule has 7 heteroatoms. The summed E-state index contributed by atoms with van der Waals surface area (Å²) in [6.07, 6.45) is 0. The Hall–Kier alpha value is -2.96. The molecule has 0 bridgehead atoms. The first kappa shape index (κ1) is 16.5. The fourth-order valence-electron chi connectivity index (χ4n) is 2.39. The van der Waals surface area contributed by atoms with Crippen LogP contribution in [0.3, 0.4) is 0 Å². The van der Waals surface area contributed by atoms with E-state index in [0.717, 1.165) is 5.56 Å². The second kappa shape index (κ2) is 7.11. The highest BCUT2D eigenvalue weighted by Gasteiger charge is 2.17. The van der Waals surface area contributed by atoms with Crippen molar-refractivity contribution >= 4 is 34.5 Å². The number of nitrogens with zero attached hydrogens (tertiary/aromatic N) is 2. The zero-order valence-electron chi connectivity index (χ0n) is 13.3. The number of halogens is 1. The second-order valence-corrected chi connectivity index (χ2v) is 6.77. The van der Waals surface area contributed by atoms with E-state index < -0.39 is 0 Å². The van der Waals surface area contributed by atoms with Gasteiger partial charge in [-0.05, 0) is 35.7 Å². The van der Waals surface area contributed by atoms with E-state index in [1.165, 1.54) is 11.3 Å². The van der Waals surface area contributed by atoms with E-state index in [-0.39, 0.29) is 5.91 Å². The van der Waals surface area contributed by atoms with Crippen molar-refractivity contribution in [1.29, 1.82) is 0 Å². The van der Waals surface area contributed by atoms with Crippen LogP contribution in [0.2, 0.25) is 5.02 Å². The molecule has 0 aliphatic rings. The van der Waals surface area contributed by atoms with E-state index in [1.54, 1.807) is 30.3 Å². The molecule has 0 saturated heterocycles. The topological polar surface area (TPSA) is 68.0 Å². The van der Waals surface area contributed by atoms with Crippen molar-refractivity contribution in [2.45, 2.75) is 0 Å². The Labute approximate surface area is 158 Å². The van der Waals surface area contributed by atoms with Crippen LogP contribution in [0.25, 0.3) is 22.2 Å². The summed E-state index contributed by atoms with van der Waals surface area (Å²) < 4.78 is 5.39. The zero-order chi connectivity index (χ0) is 17.9. The van der Waals surface area contributed by atoms with Crippen molar-refractivity contribution in [3.8, 4) is 22.2 Å². The summed E-state index contributed by atoms with van der Waals surface area (Å²) in [7, 11) is 0. The van der Waals surface area contributed by atoms with Crippen LogP contribution >= 0.6 is 22.9 Å². The van der Waals surface area contributed by atoms with Crippen LogP contribution in [0.5, 0.6) is 0 Å². The summed E-state index contributed by atoms with van der Waals surface area (Å²) in [5, 5.41) is 9.34. The molecule has 4 aromatic rings. The highest BCUT2D eigenvalue weighted by molar-refractivity contribution is 7.14. The van der Waals surface area contributed by atoms with Crippen LogP contribution in [0.1, 0.15) is 10.4 Å². The van der Waals surface area contributed by atoms with Crippen LogP contribution in [0, 0.1) is 0 Å². The highest BCUT2D eigenvalue weighted by Crippen LogP contribution is 2.34. The summed E-state index contributed by atoms with van der Waals surface area (Å²) in [6.45, 7) is 0. The molecule has 2 aromatic heterocycles. The van der Waals surface area contributed by atoms with Gasteiger partial charge in [0.1, 0.15) is 4.88 Å². The Bertz CT molecular complexity index is 1040. The smallest absolute Gasteiger partial charge is 0.270 e. The largest absolute Gasteiger partial charge is 0.333 e. The number of nitrogens with one attached hydrogen (secondary N) is 1. The molecule has 0 spiro atoms. The summed E-state index contributed by atoms with van der Waals surface area (Å²) >= 11 is 7.28. The highest BCUT2D eigenvalue weighted by atomic mass is 35.5. The lowest BCUT2D eigenvalue weighted by molar-refractivity contribution is 0.102. The fourth-order valence-corrected chi connectivity index (χ4v) is 3.29. The molecule has 0 radical (unpaired) electrons. The van der Waals surface area contributed by atoms with Crippen LogP contribution in [-0.4, -0.2) is 16.0 Å². The SMILES string of the molecule is O=C(Nc1ccsc1-c1nc(-c2ccccc2)no1)c1ccc(Cl)cc1. The van der Waals surface area contributed by atoms with Crippen LogP contribution in [-0.2, 0) is 0 Å². The molecule has 0 unspecified atom stereocenters. The number of anilines is 1. The molecule has 2 heterocycles. The number of carbonyl (C=O) groups excluding carboxylic acids is 1. The lowest BCUT2D eigenvalue weighted by Gasteiger charge is -2.04. The Morgan fingerprint density at radius 1 is 1.04 bits per heavy atom. The maximum absolute atomic E-state index is 12.4. The number of aromatic nitrogens is 2. The standard InChI is InChI=1S/C19H12ClN3O2S/c20-14-8-6-13(7-9-14)18(24)21-15-10-11-26-16(15)19-22-17(23-25-19)12-4-2-1-3-5-12/h1-11H,(H,21,24). The molecule has 2 aromatic carbocycles. The van der Waals surface area contributed by atoms with Gasteiger partial charge >= 0.3 is 0 Å². The Morgan fingerprint density at radius 3 is 2.58 bits per heavy atom. The van der Waals surface area contributed by atoms with Crippen molar-refractivity contribution in [1.82, 2.24) is 10.1 Å². The van der Waals surface area contributed by atoms with E-state index in [2.05, 4.69) is 15.5 Å². The monoisotopic (exact) mass is 381 g/mol. The third-order valence-electron chi connectivity index (χ3n) is 3.67. The van der Waals surface area contributed by atoms with Gasteiger partial charge in [0.15, 0.2) is 0 Å². The van der Waals surface area contributed by atoms with E-state index >= 15 is 0 Å². The Kier molecular flexibility index (Phi) is 4.51. The predicted octanol–water partition coefficient (Wildman–Crippen LogP) is 5.37. The number of carbonyl (C=O) groups is 1. The van der Waals surface area contributed by atoms with Gasteiger partial charge in [0.2, 0.25) is 5.82 Å². The molecule has 0 fully saturated rings. The molecule has 0 saturated carbocycles. The third kappa shape index (κ3) is 3.37. The van der Waals surface area contributed by atoms with Crippen molar-refractivity contribution in [2.75, 3.05) is 5.32 Å². The number of rotatable bonds is 4. The molecule has 26 heavy (non-hydrogen) atoms. The zero-order valence-corrected chi connectivity index (χ0v) is 14.9. The van der Waals surface area contributed by atoms with E-state index in [0.29, 0.717) is 32.9 Å². The minimum atomic E-state index is -0.232. The maximum Gasteiger partial charge on any atom is 0.270 e. The van der Waals surface area contributed by atoms with Gasteiger partial charge in [0.25, 0.3) is 11.8 Å². The minimum absolute atomic E-state index is 0.232. The number of thiophene rings is 1. The molecule has 1 amide bonds. The van der Waals surface area contributed by atoms with E-state index in [9.17, 15) is 4.79 Å². The molecule has 0 aliphatic carbocycles. The van der Waals surface area contributed by atoms with Crippen LogP contribution < -0.4 is 5.32 Å². The molecule has 1 N–H and O–H groups in total. The first-order valence-electron chi connectivity index (χ1n) is 7.74. The van der Waals surface area contributed by atoms with Crippen molar-refractivity contribution < 1.29 is 9.32 Å². The normalized spacial score (nSPS) is 10.7. The number of hydrogen-bond donors (Lipinski definition) is 1. The van der Waals surface area contributed by atoms with Crippen molar-refractivity contribution in [3.05, 3.63) is 76.6 Å². The lowest BCUT2D eigenvalue weighted by atomic mass is 10.2. The second-order valence-electron chi connectivity index (χ2n) is 5.41. The van der Waals surface area contributed by atoms with Gasteiger partial charge < -0.3 is 9.84 Å². The van der Waals surface area contributed by atoms with E-state index in [4.69, 9.17) is 16.1 Å².